The van der Waals surface area contributed by atoms with Gasteiger partial charge in [0.2, 0.25) is 6.79 Å². The fraction of sp³-hybridized carbons (Fsp3) is 0.421. The molecule has 2 aliphatic rings. The van der Waals surface area contributed by atoms with Crippen LogP contribution in [0.4, 0.5) is 5.82 Å². The maximum atomic E-state index is 6.08. The van der Waals surface area contributed by atoms with E-state index in [1.165, 1.54) is 6.33 Å². The van der Waals surface area contributed by atoms with Crippen molar-refractivity contribution in [3.63, 3.8) is 0 Å². The lowest BCUT2D eigenvalue weighted by atomic mass is 9.97. The zero-order valence-corrected chi connectivity index (χ0v) is 18.0. The van der Waals surface area contributed by atoms with Crippen LogP contribution in [0.5, 0.6) is 11.5 Å². The predicted octanol–water partition coefficient (Wildman–Crippen LogP) is 3.87. The number of anilines is 1. The molecule has 0 amide bonds. The Kier molecular flexibility index (Phi) is 5.23. The highest BCUT2D eigenvalue weighted by Crippen LogP contribution is 2.43. The normalized spacial score (nSPS) is 16.6. The molecule has 0 radical (unpaired) electrons. The number of nitrogens with zero attached hydrogens (tertiary/aromatic N) is 4. The number of halogens is 1. The third-order valence-corrected chi connectivity index (χ3v) is 7.23. The van der Waals surface area contributed by atoms with E-state index in [9.17, 15) is 0 Å². The molecule has 1 aromatic carbocycles. The Hall–Kier alpha value is -2.04. The van der Waals surface area contributed by atoms with E-state index in [0.717, 1.165) is 70.7 Å². The Balaban J connectivity index is 1.48. The van der Waals surface area contributed by atoms with E-state index in [2.05, 4.69) is 30.5 Å². The van der Waals surface area contributed by atoms with Crippen LogP contribution in [0.25, 0.3) is 11.2 Å². The second kappa shape index (κ2) is 8.00. The topological polar surface area (TPSA) is 97.3 Å². The molecule has 2 aliphatic heterocycles. The van der Waals surface area contributed by atoms with Crippen LogP contribution in [0.2, 0.25) is 0 Å². The summed E-state index contributed by atoms with van der Waals surface area (Å²) in [4.78, 5) is 14.3. The summed E-state index contributed by atoms with van der Waals surface area (Å²) in [7, 11) is 0. The Morgan fingerprint density at radius 3 is 2.79 bits per heavy atom. The smallest absolute Gasteiger partial charge is 0.231 e. The van der Waals surface area contributed by atoms with Gasteiger partial charge in [0, 0.05) is 29.1 Å². The van der Waals surface area contributed by atoms with Gasteiger partial charge in [0.25, 0.3) is 0 Å². The van der Waals surface area contributed by atoms with Gasteiger partial charge in [-0.15, -0.1) is 0 Å². The summed E-state index contributed by atoms with van der Waals surface area (Å²) < 4.78 is 19.5. The molecule has 0 atom stereocenters. The summed E-state index contributed by atoms with van der Waals surface area (Å²) in [6, 6.07) is 3.89. The lowest BCUT2D eigenvalue weighted by Gasteiger charge is -2.22. The van der Waals surface area contributed by atoms with E-state index in [0.29, 0.717) is 17.3 Å². The van der Waals surface area contributed by atoms with Crippen molar-refractivity contribution in [3.8, 4) is 11.5 Å². The molecule has 0 spiro atoms. The van der Waals surface area contributed by atoms with Gasteiger partial charge in [-0.1, -0.05) is 11.8 Å². The van der Waals surface area contributed by atoms with Gasteiger partial charge in [0.1, 0.15) is 6.33 Å². The van der Waals surface area contributed by atoms with E-state index in [1.807, 2.05) is 12.1 Å². The van der Waals surface area contributed by atoms with E-state index in [-0.39, 0.29) is 6.79 Å². The lowest BCUT2D eigenvalue weighted by molar-refractivity contribution is 0.0625. The summed E-state index contributed by atoms with van der Waals surface area (Å²) in [6.07, 6.45) is 4.74. The number of aryl methyl sites for hydroxylation is 1. The Morgan fingerprint density at radius 1 is 1.17 bits per heavy atom. The first-order valence-corrected chi connectivity index (χ1v) is 11.1. The molecule has 10 heteroatoms. The molecule has 29 heavy (non-hydrogen) atoms. The minimum Gasteiger partial charge on any atom is -0.454 e. The van der Waals surface area contributed by atoms with E-state index < -0.39 is 0 Å². The second-order valence-corrected chi connectivity index (χ2v) is 8.92. The summed E-state index contributed by atoms with van der Waals surface area (Å²) in [5.74, 6) is 2.52. The SMILES string of the molecule is Nc1ncnc2c1nc(Sc1cc3c(cc1Br)OCO3)n2CCC1CCOCC1. The van der Waals surface area contributed by atoms with Crippen LogP contribution in [-0.2, 0) is 11.3 Å². The quantitative estimate of drug-likeness (QED) is 0.591. The molecule has 3 aromatic rings. The number of hydrogen-bond acceptors (Lipinski definition) is 8. The van der Waals surface area contributed by atoms with Crippen molar-refractivity contribution in [2.75, 3.05) is 25.7 Å². The molecular weight excluding hydrogens is 458 g/mol. The van der Waals surface area contributed by atoms with Crippen molar-refractivity contribution in [3.05, 3.63) is 22.9 Å². The summed E-state index contributed by atoms with van der Waals surface area (Å²) in [6.45, 7) is 2.75. The number of benzene rings is 1. The number of nitrogen functional groups attached to an aromatic ring is 1. The molecule has 4 heterocycles. The minimum absolute atomic E-state index is 0.242. The maximum Gasteiger partial charge on any atom is 0.231 e. The molecule has 0 saturated carbocycles. The third kappa shape index (κ3) is 3.76. The minimum atomic E-state index is 0.242. The molecule has 0 bridgehead atoms. The number of nitrogens with two attached hydrogens (primary N) is 1. The van der Waals surface area contributed by atoms with Gasteiger partial charge < -0.3 is 24.5 Å². The Labute approximate surface area is 180 Å². The summed E-state index contributed by atoms with van der Waals surface area (Å²) in [5, 5.41) is 0.832. The third-order valence-electron chi connectivity index (χ3n) is 5.26. The van der Waals surface area contributed by atoms with Crippen molar-refractivity contribution >= 4 is 44.7 Å². The van der Waals surface area contributed by atoms with Gasteiger partial charge in [-0.2, -0.15) is 0 Å². The van der Waals surface area contributed by atoms with E-state index in [4.69, 9.17) is 24.9 Å². The van der Waals surface area contributed by atoms with Gasteiger partial charge >= 0.3 is 0 Å². The van der Waals surface area contributed by atoms with Crippen LogP contribution in [0, 0.1) is 5.92 Å². The molecule has 1 saturated heterocycles. The molecule has 2 N–H and O–H groups in total. The first kappa shape index (κ1) is 19.0. The highest BCUT2D eigenvalue weighted by molar-refractivity contribution is 9.10. The fourth-order valence-electron chi connectivity index (χ4n) is 3.64. The molecule has 1 fully saturated rings. The van der Waals surface area contributed by atoms with Crippen molar-refractivity contribution in [1.29, 1.82) is 0 Å². The van der Waals surface area contributed by atoms with Crippen LogP contribution in [0.15, 0.2) is 33.0 Å². The number of imidazole rings is 1. The zero-order valence-electron chi connectivity index (χ0n) is 15.6. The first-order valence-electron chi connectivity index (χ1n) is 9.50. The number of aromatic nitrogens is 4. The monoisotopic (exact) mass is 477 g/mol. The van der Waals surface area contributed by atoms with Crippen molar-refractivity contribution in [2.45, 2.75) is 35.9 Å². The average molecular weight is 478 g/mol. The predicted molar refractivity (Wildman–Crippen MR) is 112 cm³/mol. The highest BCUT2D eigenvalue weighted by atomic mass is 79.9. The van der Waals surface area contributed by atoms with Crippen LogP contribution in [-0.4, -0.2) is 39.5 Å². The number of ether oxygens (including phenoxy) is 3. The van der Waals surface area contributed by atoms with Crippen LogP contribution >= 0.6 is 27.7 Å². The summed E-state index contributed by atoms with van der Waals surface area (Å²) in [5.41, 5.74) is 7.48. The number of hydrogen-bond donors (Lipinski definition) is 1. The first-order chi connectivity index (χ1) is 14.2. The Bertz CT molecular complexity index is 1050. The number of fused-ring (bicyclic) bond motifs is 2. The van der Waals surface area contributed by atoms with Gasteiger partial charge in [-0.25, -0.2) is 15.0 Å². The zero-order chi connectivity index (χ0) is 19.8. The molecule has 0 unspecified atom stereocenters. The molecule has 5 rings (SSSR count). The van der Waals surface area contributed by atoms with E-state index >= 15 is 0 Å². The fourth-order valence-corrected chi connectivity index (χ4v) is 5.14. The maximum absolute atomic E-state index is 6.08. The summed E-state index contributed by atoms with van der Waals surface area (Å²) >= 11 is 5.18. The molecule has 8 nitrogen and oxygen atoms in total. The Morgan fingerprint density at radius 2 is 1.97 bits per heavy atom. The molecular formula is C19H20BrN5O3S. The van der Waals surface area contributed by atoms with Gasteiger partial charge in [-0.05, 0) is 53.2 Å². The second-order valence-electron chi connectivity index (χ2n) is 7.06. The molecule has 152 valence electrons. The van der Waals surface area contributed by atoms with Gasteiger partial charge in [0.05, 0.1) is 0 Å². The van der Waals surface area contributed by atoms with Gasteiger partial charge in [0.15, 0.2) is 33.6 Å². The van der Waals surface area contributed by atoms with E-state index in [1.54, 1.807) is 11.8 Å². The van der Waals surface area contributed by atoms with Gasteiger partial charge in [-0.3, -0.25) is 0 Å². The van der Waals surface area contributed by atoms with Crippen molar-refractivity contribution in [2.24, 2.45) is 5.92 Å². The molecule has 0 aliphatic carbocycles. The standard InChI is InChI=1S/C19H20BrN5O3S/c20-12-7-13-14(28-10-27-13)8-15(12)29-19-24-16-17(21)22-9-23-18(16)25(19)4-1-11-2-5-26-6-3-11/h7-9,11H,1-6,10H2,(H2,21,22,23). The van der Waals surface area contributed by atoms with Crippen LogP contribution in [0.3, 0.4) is 0 Å². The van der Waals surface area contributed by atoms with Crippen molar-refractivity contribution < 1.29 is 14.2 Å². The van der Waals surface area contributed by atoms with Crippen LogP contribution in [0.1, 0.15) is 19.3 Å². The number of rotatable bonds is 5. The lowest BCUT2D eigenvalue weighted by Crippen LogP contribution is -2.17. The van der Waals surface area contributed by atoms with Crippen molar-refractivity contribution in [1.82, 2.24) is 19.5 Å². The largest absolute Gasteiger partial charge is 0.454 e. The highest BCUT2D eigenvalue weighted by Gasteiger charge is 2.22. The van der Waals surface area contributed by atoms with Crippen LogP contribution < -0.4 is 15.2 Å². The molecule has 2 aromatic heterocycles. The average Bonchev–Trinajstić information content (AvgIpc) is 3.32.